The Morgan fingerprint density at radius 1 is 0.820 bits per heavy atom. The highest BCUT2D eigenvalue weighted by Gasteiger charge is 2.54. The van der Waals surface area contributed by atoms with E-state index in [0.29, 0.717) is 0 Å². The van der Waals surface area contributed by atoms with E-state index in [0.717, 1.165) is 34.6 Å². The second-order valence-corrected chi connectivity index (χ2v) is 10.8. The van der Waals surface area contributed by atoms with Gasteiger partial charge < -0.3 is 43.6 Å². The van der Waals surface area contributed by atoms with Gasteiger partial charge >= 0.3 is 29.8 Å². The van der Waals surface area contributed by atoms with Crippen LogP contribution in [0.4, 0.5) is 0 Å². The fourth-order valence-electron chi connectivity index (χ4n) is 5.29. The largest absolute Gasteiger partial charge is 0.463 e. The van der Waals surface area contributed by atoms with Crippen LogP contribution in [0, 0.1) is 0 Å². The lowest BCUT2D eigenvalue weighted by Crippen LogP contribution is -2.66. The number of amides is 1. The molecule has 2 aliphatic rings. The molecule has 0 aromatic rings. The van der Waals surface area contributed by atoms with E-state index in [-0.39, 0.29) is 19.4 Å². The van der Waals surface area contributed by atoms with Gasteiger partial charge in [-0.1, -0.05) is 15.3 Å². The number of hydrogen-bond donors (Lipinski definition) is 2. The van der Waals surface area contributed by atoms with Gasteiger partial charge in [-0.25, -0.2) is 0 Å². The van der Waals surface area contributed by atoms with E-state index in [1.807, 2.05) is 0 Å². The average Bonchev–Trinajstić information content (AvgIpc) is 3.01. The maximum Gasteiger partial charge on any atom is 0.303 e. The topological polar surface area (TPSA) is 346 Å². The molecule has 1 aliphatic carbocycles. The molecule has 50 heavy (non-hydrogen) atoms. The first kappa shape index (κ1) is 40.8. The molecular weight excluding hydrogens is 676 g/mol. The van der Waals surface area contributed by atoms with Crippen LogP contribution in [0.1, 0.15) is 47.5 Å². The van der Waals surface area contributed by atoms with E-state index in [2.05, 4.69) is 35.4 Å². The molecule has 24 nitrogen and oxygen atoms in total. The number of nitrogens with zero attached hydrogens (tertiary/aromatic N) is 9. The lowest BCUT2D eigenvalue weighted by atomic mass is 9.83. The maximum atomic E-state index is 13.2. The zero-order chi connectivity index (χ0) is 37.5. The second kappa shape index (κ2) is 19.6. The Hall–Kier alpha value is -5.37. The summed E-state index contributed by atoms with van der Waals surface area (Å²) in [6, 6.07) is -4.33. The van der Waals surface area contributed by atoms with Gasteiger partial charge in [0.05, 0.1) is 18.2 Å². The lowest BCUT2D eigenvalue weighted by molar-refractivity contribution is -0.298. The van der Waals surface area contributed by atoms with E-state index in [4.69, 9.17) is 38.7 Å². The average molecular weight is 713 g/mol. The molecule has 0 aromatic heterocycles. The highest BCUT2D eigenvalue weighted by molar-refractivity contribution is 5.83. The van der Waals surface area contributed by atoms with Crippen LogP contribution in [0.2, 0.25) is 0 Å². The fraction of sp³-hybridized carbons (Fsp3) is 0.769. The number of carbonyl (C=O) groups excluding carboxylic acids is 6. The molecule has 1 saturated carbocycles. The molecule has 1 heterocycles. The number of carbonyl (C=O) groups is 6. The van der Waals surface area contributed by atoms with Crippen molar-refractivity contribution in [1.29, 1.82) is 0 Å². The summed E-state index contributed by atoms with van der Waals surface area (Å²) < 4.78 is 37.9. The molecule has 11 atom stereocenters. The van der Waals surface area contributed by atoms with Crippen LogP contribution in [0.25, 0.3) is 31.3 Å². The summed E-state index contributed by atoms with van der Waals surface area (Å²) in [5.41, 5.74) is 27.3. The van der Waals surface area contributed by atoms with Crippen molar-refractivity contribution in [3.8, 4) is 0 Å². The predicted molar refractivity (Wildman–Crippen MR) is 159 cm³/mol. The number of azide groups is 3. The second-order valence-electron chi connectivity index (χ2n) is 10.8. The Morgan fingerprint density at radius 3 is 1.96 bits per heavy atom. The molecule has 2 fully saturated rings. The molecular formula is C26H36N10O14. The molecule has 0 bridgehead atoms. The highest BCUT2D eigenvalue weighted by Crippen LogP contribution is 2.35. The van der Waals surface area contributed by atoms with Crippen LogP contribution in [0.3, 0.4) is 0 Å². The Balaban J connectivity index is 2.55. The number of esters is 5. The van der Waals surface area contributed by atoms with Gasteiger partial charge in [0.1, 0.15) is 24.9 Å². The van der Waals surface area contributed by atoms with E-state index in [1.54, 1.807) is 0 Å². The monoisotopic (exact) mass is 712 g/mol. The maximum absolute atomic E-state index is 13.2. The van der Waals surface area contributed by atoms with Crippen LogP contribution in [-0.2, 0) is 61.9 Å². The van der Waals surface area contributed by atoms with Crippen molar-refractivity contribution in [2.75, 3.05) is 13.2 Å². The molecule has 0 spiro atoms. The first-order valence-corrected chi connectivity index (χ1v) is 14.8. The summed E-state index contributed by atoms with van der Waals surface area (Å²) in [6.07, 6.45) is -13.6. The van der Waals surface area contributed by atoms with Gasteiger partial charge in [-0.15, -0.1) is 0 Å². The summed E-state index contributed by atoms with van der Waals surface area (Å²) in [4.78, 5) is 80.7. The minimum absolute atomic E-state index is 0.235. The molecule has 274 valence electrons. The van der Waals surface area contributed by atoms with E-state index in [9.17, 15) is 44.9 Å². The van der Waals surface area contributed by atoms with E-state index in [1.165, 1.54) is 0 Å². The molecule has 24 heteroatoms. The van der Waals surface area contributed by atoms with Crippen molar-refractivity contribution >= 4 is 35.8 Å². The third-order valence-corrected chi connectivity index (χ3v) is 7.08. The van der Waals surface area contributed by atoms with Crippen LogP contribution >= 0.6 is 0 Å². The summed E-state index contributed by atoms with van der Waals surface area (Å²) in [6.45, 7) is 4.32. The van der Waals surface area contributed by atoms with E-state index < -0.39 is 110 Å². The number of rotatable bonds is 15. The summed E-state index contributed by atoms with van der Waals surface area (Å²) in [5.74, 6) is -5.26. The van der Waals surface area contributed by atoms with Gasteiger partial charge in [0.2, 0.25) is 0 Å². The Morgan fingerprint density at radius 2 is 1.42 bits per heavy atom. The molecule has 0 radical (unpaired) electrons. The number of hydrogen-bond acceptors (Lipinski definition) is 17. The van der Waals surface area contributed by atoms with Crippen LogP contribution < -0.4 is 5.32 Å². The standard InChI is InChI=1S/C26H36N10O14/c1-10(37)44-9-18-23(47-13(4)40)24(48-14(5)41)19(33-36-29)26(49-18)50-22-16(32-35-28)8-15(21(20(22)42)46-12(3)39)31-25(43)17(45-11(2)38)6-7-30-34-27/h15-24,26,42H,6-9H2,1-5H3,(H,31,43)/t15-,16?,17+,18?,19?,20-,21?,22+,23+,24-,26+/m1/s1. The third-order valence-electron chi connectivity index (χ3n) is 7.08. The molecule has 0 aromatic carbocycles. The zero-order valence-corrected chi connectivity index (χ0v) is 27.5. The minimum Gasteiger partial charge on any atom is -0.463 e. The summed E-state index contributed by atoms with van der Waals surface area (Å²) >= 11 is 0. The van der Waals surface area contributed by atoms with Crippen molar-refractivity contribution < 1.29 is 67.0 Å². The van der Waals surface area contributed by atoms with Crippen molar-refractivity contribution in [3.05, 3.63) is 31.3 Å². The van der Waals surface area contributed by atoms with Gasteiger partial charge in [0.25, 0.3) is 5.91 Å². The minimum atomic E-state index is -1.93. The van der Waals surface area contributed by atoms with Crippen molar-refractivity contribution in [2.45, 2.75) is 115 Å². The van der Waals surface area contributed by atoms with Gasteiger partial charge in [0.15, 0.2) is 30.7 Å². The van der Waals surface area contributed by atoms with Crippen LogP contribution in [0.15, 0.2) is 15.3 Å². The van der Waals surface area contributed by atoms with Crippen molar-refractivity contribution in [3.63, 3.8) is 0 Å². The first-order valence-electron chi connectivity index (χ1n) is 14.8. The van der Waals surface area contributed by atoms with Gasteiger partial charge in [0, 0.05) is 55.9 Å². The fourth-order valence-corrected chi connectivity index (χ4v) is 5.29. The number of nitrogens with one attached hydrogen (secondary N) is 1. The molecule has 2 N–H and O–H groups in total. The normalized spacial score (nSPS) is 29.2. The zero-order valence-electron chi connectivity index (χ0n) is 27.5. The third kappa shape index (κ3) is 11.9. The Bertz CT molecular complexity index is 1430. The number of ether oxygens (including phenoxy) is 7. The lowest BCUT2D eigenvalue weighted by Gasteiger charge is -2.47. The molecule has 1 saturated heterocycles. The summed E-state index contributed by atoms with van der Waals surface area (Å²) in [7, 11) is 0. The van der Waals surface area contributed by atoms with E-state index >= 15 is 0 Å². The van der Waals surface area contributed by atoms with Crippen molar-refractivity contribution in [1.82, 2.24) is 5.32 Å². The highest BCUT2D eigenvalue weighted by atomic mass is 16.7. The van der Waals surface area contributed by atoms with Crippen LogP contribution in [0.5, 0.6) is 0 Å². The molecule has 1 amide bonds. The SMILES string of the molecule is CC(=O)OCC1O[C@@H](O[C@H]2C(N=[N+]=[N-])C[C@@H](NC(=O)[C@H](CCN=[N+]=[N-])OC(C)=O)C(OC(C)=O)[C@H]2O)C(N=[N+]=[N-])[C@@H](OC(C)=O)[C@H]1OC(C)=O. The number of aliphatic hydroxyl groups is 1. The Kier molecular flexibility index (Phi) is 16.0. The molecule has 2 rings (SSSR count). The van der Waals surface area contributed by atoms with Gasteiger partial charge in [-0.3, -0.25) is 28.8 Å². The van der Waals surface area contributed by atoms with Gasteiger partial charge in [-0.05, 0) is 29.4 Å². The molecule has 1 aliphatic heterocycles. The smallest absolute Gasteiger partial charge is 0.303 e. The quantitative estimate of drug-likeness (QED) is 0.0776. The summed E-state index contributed by atoms with van der Waals surface area (Å²) in [5, 5.41) is 24.6. The molecule has 4 unspecified atom stereocenters. The number of aliphatic hydroxyl groups excluding tert-OH is 1. The van der Waals surface area contributed by atoms with Crippen molar-refractivity contribution in [2.24, 2.45) is 15.3 Å². The van der Waals surface area contributed by atoms with Gasteiger partial charge in [-0.2, -0.15) is 0 Å². The van der Waals surface area contributed by atoms with Crippen LogP contribution in [-0.4, -0.2) is 121 Å². The predicted octanol–water partition coefficient (Wildman–Crippen LogP) is 0.694. The first-order chi connectivity index (χ1) is 23.6. The Labute approximate surface area is 282 Å².